The summed E-state index contributed by atoms with van der Waals surface area (Å²) in [5.74, 6) is 0.312. The van der Waals surface area contributed by atoms with Gasteiger partial charge in [0, 0.05) is 25.4 Å². The Labute approximate surface area is 89.6 Å². The van der Waals surface area contributed by atoms with Gasteiger partial charge in [-0.2, -0.15) is 0 Å². The smallest absolute Gasteiger partial charge is 0.171 e. The summed E-state index contributed by atoms with van der Waals surface area (Å²) >= 11 is 0. The molecular weight excluding hydrogens is 195 g/mol. The quantitative estimate of drug-likeness (QED) is 0.826. The molecule has 1 aromatic rings. The van der Waals surface area contributed by atoms with Crippen LogP contribution >= 0.6 is 0 Å². The number of nitrogens with zero attached hydrogens (tertiary/aromatic N) is 2. The van der Waals surface area contributed by atoms with E-state index < -0.39 is 5.82 Å². The molecule has 3 nitrogen and oxygen atoms in total. The van der Waals surface area contributed by atoms with Crippen LogP contribution in [0.3, 0.4) is 0 Å². The largest absolute Gasteiger partial charge is 0.392 e. The molecule has 0 radical (unpaired) electrons. The van der Waals surface area contributed by atoms with E-state index in [1.165, 1.54) is 12.3 Å². The van der Waals surface area contributed by atoms with Crippen molar-refractivity contribution in [3.05, 3.63) is 23.6 Å². The van der Waals surface area contributed by atoms with Gasteiger partial charge in [0.15, 0.2) is 11.6 Å². The molecule has 0 aliphatic heterocycles. The van der Waals surface area contributed by atoms with Gasteiger partial charge in [0.1, 0.15) is 0 Å². The standard InChI is InChI=1S/C11H17FN2O/c1-8(2)6-14(3)11-10(12)9(7-15)4-5-13-11/h4-5,8,15H,6-7H2,1-3H3. The van der Waals surface area contributed by atoms with E-state index in [0.717, 1.165) is 6.54 Å². The van der Waals surface area contributed by atoms with E-state index in [4.69, 9.17) is 5.11 Å². The van der Waals surface area contributed by atoms with Crippen LogP contribution in [0.2, 0.25) is 0 Å². The lowest BCUT2D eigenvalue weighted by molar-refractivity contribution is 0.275. The molecule has 0 atom stereocenters. The zero-order chi connectivity index (χ0) is 11.4. The summed E-state index contributed by atoms with van der Waals surface area (Å²) in [4.78, 5) is 5.74. The van der Waals surface area contributed by atoms with E-state index >= 15 is 0 Å². The lowest BCUT2D eigenvalue weighted by atomic mass is 10.2. The second-order valence-electron chi connectivity index (χ2n) is 4.04. The lowest BCUT2D eigenvalue weighted by Crippen LogP contribution is -2.24. The zero-order valence-electron chi connectivity index (χ0n) is 9.37. The highest BCUT2D eigenvalue weighted by Crippen LogP contribution is 2.18. The minimum atomic E-state index is -0.428. The molecule has 0 aliphatic rings. The van der Waals surface area contributed by atoms with Crippen LogP contribution in [0.5, 0.6) is 0 Å². The maximum absolute atomic E-state index is 13.7. The number of aliphatic hydroxyl groups is 1. The van der Waals surface area contributed by atoms with Gasteiger partial charge in [0.2, 0.25) is 0 Å². The first-order chi connectivity index (χ1) is 7.06. The highest BCUT2D eigenvalue weighted by atomic mass is 19.1. The fraction of sp³-hybridized carbons (Fsp3) is 0.545. The molecule has 1 rings (SSSR count). The molecule has 0 bridgehead atoms. The minimum Gasteiger partial charge on any atom is -0.392 e. The number of anilines is 1. The van der Waals surface area contributed by atoms with Crippen molar-refractivity contribution in [2.75, 3.05) is 18.5 Å². The van der Waals surface area contributed by atoms with Crippen LogP contribution in [0.25, 0.3) is 0 Å². The molecule has 0 spiro atoms. The molecule has 0 aliphatic carbocycles. The highest BCUT2D eigenvalue weighted by molar-refractivity contribution is 5.42. The van der Waals surface area contributed by atoms with Crippen molar-refractivity contribution >= 4 is 5.82 Å². The third kappa shape index (κ3) is 2.89. The van der Waals surface area contributed by atoms with E-state index in [1.54, 1.807) is 11.9 Å². The van der Waals surface area contributed by atoms with Crippen LogP contribution in [0, 0.1) is 11.7 Å². The molecule has 0 aromatic carbocycles. The molecule has 0 amide bonds. The summed E-state index contributed by atoms with van der Waals surface area (Å²) < 4.78 is 13.7. The van der Waals surface area contributed by atoms with Crippen LogP contribution in [0.4, 0.5) is 10.2 Å². The molecule has 84 valence electrons. The average Bonchev–Trinajstić information content (AvgIpc) is 2.17. The van der Waals surface area contributed by atoms with Crippen LogP contribution < -0.4 is 4.90 Å². The Bertz CT molecular complexity index is 328. The van der Waals surface area contributed by atoms with Crippen LogP contribution in [0.1, 0.15) is 19.4 Å². The maximum Gasteiger partial charge on any atom is 0.171 e. The predicted molar refractivity (Wildman–Crippen MR) is 58.2 cm³/mol. The van der Waals surface area contributed by atoms with Crippen molar-refractivity contribution in [1.29, 1.82) is 0 Å². The Hall–Kier alpha value is -1.16. The van der Waals surface area contributed by atoms with Crippen molar-refractivity contribution in [2.45, 2.75) is 20.5 Å². The molecule has 0 unspecified atom stereocenters. The summed E-state index contributed by atoms with van der Waals surface area (Å²) in [5.41, 5.74) is 0.288. The molecule has 0 saturated heterocycles. The molecule has 15 heavy (non-hydrogen) atoms. The van der Waals surface area contributed by atoms with Gasteiger partial charge >= 0.3 is 0 Å². The summed E-state index contributed by atoms with van der Waals surface area (Å²) in [6.07, 6.45) is 1.51. The molecule has 1 N–H and O–H groups in total. The molecule has 1 aromatic heterocycles. The van der Waals surface area contributed by atoms with E-state index in [2.05, 4.69) is 18.8 Å². The van der Waals surface area contributed by atoms with Crippen LogP contribution in [-0.2, 0) is 6.61 Å². The monoisotopic (exact) mass is 212 g/mol. The number of aromatic nitrogens is 1. The number of halogens is 1. The van der Waals surface area contributed by atoms with Gasteiger partial charge in [-0.1, -0.05) is 13.8 Å². The lowest BCUT2D eigenvalue weighted by Gasteiger charge is -2.21. The van der Waals surface area contributed by atoms with Gasteiger partial charge in [-0.25, -0.2) is 9.37 Å². The fourth-order valence-electron chi connectivity index (χ4n) is 1.49. The second-order valence-corrected chi connectivity index (χ2v) is 4.04. The molecule has 4 heteroatoms. The van der Waals surface area contributed by atoms with Gasteiger partial charge in [0.05, 0.1) is 6.61 Å². The summed E-state index contributed by atoms with van der Waals surface area (Å²) in [6.45, 7) is 4.56. The predicted octanol–water partition coefficient (Wildman–Crippen LogP) is 1.81. The summed E-state index contributed by atoms with van der Waals surface area (Å²) in [6, 6.07) is 1.49. The molecule has 0 fully saturated rings. The number of hydrogen-bond donors (Lipinski definition) is 1. The number of hydrogen-bond acceptors (Lipinski definition) is 3. The summed E-state index contributed by atoms with van der Waals surface area (Å²) in [7, 11) is 1.80. The van der Waals surface area contributed by atoms with Crippen molar-refractivity contribution < 1.29 is 9.50 Å². The number of aliphatic hydroxyl groups excluding tert-OH is 1. The SMILES string of the molecule is CC(C)CN(C)c1nccc(CO)c1F. The normalized spacial score (nSPS) is 10.8. The first kappa shape index (κ1) is 11.9. The van der Waals surface area contributed by atoms with Crippen LogP contribution in [0.15, 0.2) is 12.3 Å². The average molecular weight is 212 g/mol. The Morgan fingerprint density at radius 2 is 2.20 bits per heavy atom. The number of rotatable bonds is 4. The van der Waals surface area contributed by atoms with Crippen molar-refractivity contribution in [2.24, 2.45) is 5.92 Å². The van der Waals surface area contributed by atoms with Crippen molar-refractivity contribution in [3.8, 4) is 0 Å². The third-order valence-corrected chi connectivity index (χ3v) is 2.12. The van der Waals surface area contributed by atoms with E-state index in [0.29, 0.717) is 11.7 Å². The van der Waals surface area contributed by atoms with Crippen LogP contribution in [-0.4, -0.2) is 23.7 Å². The number of pyridine rings is 1. The van der Waals surface area contributed by atoms with Gasteiger partial charge in [-0.3, -0.25) is 0 Å². The topological polar surface area (TPSA) is 36.4 Å². The Morgan fingerprint density at radius 1 is 1.53 bits per heavy atom. The zero-order valence-corrected chi connectivity index (χ0v) is 9.37. The Balaban J connectivity index is 2.93. The Morgan fingerprint density at radius 3 is 2.73 bits per heavy atom. The third-order valence-electron chi connectivity index (χ3n) is 2.12. The second kappa shape index (κ2) is 5.07. The van der Waals surface area contributed by atoms with Crippen molar-refractivity contribution in [3.63, 3.8) is 0 Å². The molecule has 0 saturated carbocycles. The highest BCUT2D eigenvalue weighted by Gasteiger charge is 2.13. The van der Waals surface area contributed by atoms with Gasteiger partial charge in [-0.15, -0.1) is 0 Å². The van der Waals surface area contributed by atoms with Gasteiger partial charge in [-0.05, 0) is 12.0 Å². The van der Waals surface area contributed by atoms with Gasteiger partial charge < -0.3 is 10.0 Å². The first-order valence-electron chi connectivity index (χ1n) is 5.01. The molecular formula is C11H17FN2O. The minimum absolute atomic E-state index is 0.288. The fourth-order valence-corrected chi connectivity index (χ4v) is 1.49. The summed E-state index contributed by atoms with van der Waals surface area (Å²) in [5, 5.41) is 8.92. The van der Waals surface area contributed by atoms with Gasteiger partial charge in [0.25, 0.3) is 0 Å². The van der Waals surface area contributed by atoms with Crippen molar-refractivity contribution in [1.82, 2.24) is 4.98 Å². The van der Waals surface area contributed by atoms with E-state index in [9.17, 15) is 4.39 Å². The van der Waals surface area contributed by atoms with E-state index in [1.807, 2.05) is 0 Å². The Kier molecular flexibility index (Phi) is 4.03. The van der Waals surface area contributed by atoms with E-state index in [-0.39, 0.29) is 12.2 Å². The molecule has 1 heterocycles. The maximum atomic E-state index is 13.7. The first-order valence-corrected chi connectivity index (χ1v) is 5.01.